The van der Waals surface area contributed by atoms with Crippen LogP contribution in [0.5, 0.6) is 0 Å². The summed E-state index contributed by atoms with van der Waals surface area (Å²) >= 11 is 0. The first-order valence-corrected chi connectivity index (χ1v) is 6.55. The fourth-order valence-electron chi connectivity index (χ4n) is 1.97. The summed E-state index contributed by atoms with van der Waals surface area (Å²) in [5, 5.41) is 8.76. The van der Waals surface area contributed by atoms with Gasteiger partial charge in [0.2, 0.25) is 0 Å². The Balaban J connectivity index is 2.22. The minimum atomic E-state index is 0.324. The number of nitriles is 1. The van der Waals surface area contributed by atoms with Gasteiger partial charge in [0.1, 0.15) is 11.9 Å². The molecule has 1 aromatic carbocycles. The Hall–Kier alpha value is -2.61. The molecule has 1 heterocycles. The lowest BCUT2D eigenvalue weighted by molar-refractivity contribution is 0.752. The maximum atomic E-state index is 8.76. The minimum Gasteiger partial charge on any atom is -0.398 e. The topological polar surface area (TPSA) is 78.8 Å². The number of aromatic nitrogens is 2. The van der Waals surface area contributed by atoms with Crippen LogP contribution in [0.3, 0.4) is 0 Å². The highest BCUT2D eigenvalue weighted by molar-refractivity contribution is 5.49. The van der Waals surface area contributed by atoms with Gasteiger partial charge in [-0.15, -0.1) is 0 Å². The molecule has 1 aromatic heterocycles. The van der Waals surface area contributed by atoms with Gasteiger partial charge in [-0.25, -0.2) is 9.97 Å². The number of hydrogen-bond acceptors (Lipinski definition) is 5. The van der Waals surface area contributed by atoms with Crippen LogP contribution >= 0.6 is 0 Å². The van der Waals surface area contributed by atoms with E-state index in [2.05, 4.69) is 21.8 Å². The van der Waals surface area contributed by atoms with Crippen molar-refractivity contribution in [1.29, 1.82) is 5.26 Å². The smallest absolute Gasteiger partial charge is 0.158 e. The number of benzene rings is 1. The van der Waals surface area contributed by atoms with E-state index in [1.807, 2.05) is 30.3 Å². The fraction of sp³-hybridized carbons (Fsp3) is 0.267. The van der Waals surface area contributed by atoms with Crippen molar-refractivity contribution in [3.05, 3.63) is 47.9 Å². The molecule has 102 valence electrons. The van der Waals surface area contributed by atoms with Crippen molar-refractivity contribution in [2.75, 3.05) is 17.2 Å². The molecule has 0 saturated carbocycles. The summed E-state index contributed by atoms with van der Waals surface area (Å²) in [6.07, 6.45) is 4.12. The molecule has 2 rings (SSSR count). The van der Waals surface area contributed by atoms with Gasteiger partial charge in [0.15, 0.2) is 5.69 Å². The Kier molecular flexibility index (Phi) is 4.51. The van der Waals surface area contributed by atoms with E-state index in [-0.39, 0.29) is 0 Å². The molecule has 0 atom stereocenters. The summed E-state index contributed by atoms with van der Waals surface area (Å²) < 4.78 is 0. The molecule has 5 nitrogen and oxygen atoms in total. The summed E-state index contributed by atoms with van der Waals surface area (Å²) in [7, 11) is 0. The van der Waals surface area contributed by atoms with Crippen LogP contribution in [0.4, 0.5) is 11.5 Å². The predicted molar refractivity (Wildman–Crippen MR) is 78.9 cm³/mol. The zero-order valence-corrected chi connectivity index (χ0v) is 11.5. The van der Waals surface area contributed by atoms with Gasteiger partial charge in [-0.05, 0) is 18.1 Å². The summed E-state index contributed by atoms with van der Waals surface area (Å²) in [5.74, 6) is 0.758. The lowest BCUT2D eigenvalue weighted by Crippen LogP contribution is -2.25. The third-order valence-corrected chi connectivity index (χ3v) is 2.99. The van der Waals surface area contributed by atoms with Crippen LogP contribution in [0, 0.1) is 11.3 Å². The maximum Gasteiger partial charge on any atom is 0.158 e. The lowest BCUT2D eigenvalue weighted by atomic mass is 10.1. The molecule has 0 aliphatic rings. The molecule has 0 spiro atoms. The number of nitrogens with two attached hydrogens (primary N) is 1. The Morgan fingerprint density at radius 1 is 1.25 bits per heavy atom. The Labute approximate surface area is 118 Å². The molecule has 0 unspecified atom stereocenters. The van der Waals surface area contributed by atoms with Crippen molar-refractivity contribution in [3.8, 4) is 6.07 Å². The normalized spacial score (nSPS) is 10.0. The van der Waals surface area contributed by atoms with E-state index < -0.39 is 0 Å². The fourth-order valence-corrected chi connectivity index (χ4v) is 1.97. The largest absolute Gasteiger partial charge is 0.398 e. The molecule has 0 aliphatic carbocycles. The molecule has 20 heavy (non-hydrogen) atoms. The minimum absolute atomic E-state index is 0.324. The van der Waals surface area contributed by atoms with Gasteiger partial charge in [-0.3, -0.25) is 0 Å². The molecule has 0 radical (unpaired) electrons. The van der Waals surface area contributed by atoms with Gasteiger partial charge in [-0.1, -0.05) is 25.1 Å². The molecule has 2 N–H and O–H groups in total. The van der Waals surface area contributed by atoms with Crippen LogP contribution < -0.4 is 10.6 Å². The van der Waals surface area contributed by atoms with Gasteiger partial charge in [-0.2, -0.15) is 5.26 Å². The van der Waals surface area contributed by atoms with Crippen molar-refractivity contribution < 1.29 is 0 Å². The first-order valence-electron chi connectivity index (χ1n) is 6.55. The molecule has 0 saturated heterocycles. The molecular formula is C15H17N5. The van der Waals surface area contributed by atoms with E-state index in [0.29, 0.717) is 12.2 Å². The Morgan fingerprint density at radius 3 is 2.65 bits per heavy atom. The first kappa shape index (κ1) is 13.8. The highest BCUT2D eigenvalue weighted by Crippen LogP contribution is 2.18. The standard InChI is InChI=1S/C15H17N5/c1-2-7-20(11-12-5-3-4-6-14(12)17)15-10-18-13(8-16)9-19-15/h3-6,9-10H,2,7,11,17H2,1H3. The van der Waals surface area contributed by atoms with Gasteiger partial charge in [0, 0.05) is 18.8 Å². The van der Waals surface area contributed by atoms with E-state index in [4.69, 9.17) is 11.0 Å². The third kappa shape index (κ3) is 3.23. The monoisotopic (exact) mass is 267 g/mol. The Morgan fingerprint density at radius 2 is 2.05 bits per heavy atom. The van der Waals surface area contributed by atoms with Gasteiger partial charge >= 0.3 is 0 Å². The second-order valence-electron chi connectivity index (χ2n) is 4.49. The first-order chi connectivity index (χ1) is 9.74. The molecule has 2 aromatic rings. The van der Waals surface area contributed by atoms with Crippen molar-refractivity contribution >= 4 is 11.5 Å². The highest BCUT2D eigenvalue weighted by atomic mass is 15.2. The lowest BCUT2D eigenvalue weighted by Gasteiger charge is -2.23. The zero-order valence-electron chi connectivity index (χ0n) is 11.5. The van der Waals surface area contributed by atoms with Crippen molar-refractivity contribution in [2.24, 2.45) is 0 Å². The van der Waals surface area contributed by atoms with Crippen LogP contribution in [0.2, 0.25) is 0 Å². The molecule has 0 bridgehead atoms. The summed E-state index contributed by atoms with van der Waals surface area (Å²) in [5.41, 5.74) is 8.14. The SMILES string of the molecule is CCCN(Cc1ccccc1N)c1cnc(C#N)cn1. The molecule has 5 heteroatoms. The predicted octanol–water partition coefficient (Wildman–Crippen LogP) is 2.35. The van der Waals surface area contributed by atoms with Crippen LogP contribution in [0.15, 0.2) is 36.7 Å². The van der Waals surface area contributed by atoms with E-state index >= 15 is 0 Å². The maximum absolute atomic E-state index is 8.76. The quantitative estimate of drug-likeness (QED) is 0.841. The number of hydrogen-bond donors (Lipinski definition) is 1. The van der Waals surface area contributed by atoms with E-state index in [0.717, 1.165) is 30.0 Å². The van der Waals surface area contributed by atoms with Gasteiger partial charge < -0.3 is 10.6 Å². The average Bonchev–Trinajstić information content (AvgIpc) is 2.49. The molecule has 0 amide bonds. The van der Waals surface area contributed by atoms with Crippen molar-refractivity contribution in [1.82, 2.24) is 9.97 Å². The number of anilines is 2. The van der Waals surface area contributed by atoms with Crippen LogP contribution in [0.1, 0.15) is 24.6 Å². The van der Waals surface area contributed by atoms with Crippen molar-refractivity contribution in [3.63, 3.8) is 0 Å². The molecule has 0 aliphatic heterocycles. The van der Waals surface area contributed by atoms with Crippen molar-refractivity contribution in [2.45, 2.75) is 19.9 Å². The summed E-state index contributed by atoms with van der Waals surface area (Å²) in [6.45, 7) is 3.65. The van der Waals surface area contributed by atoms with Gasteiger partial charge in [0.05, 0.1) is 12.4 Å². The van der Waals surface area contributed by atoms with E-state index in [9.17, 15) is 0 Å². The summed E-state index contributed by atoms with van der Waals surface area (Å²) in [6, 6.07) is 9.77. The van der Waals surface area contributed by atoms with E-state index in [1.165, 1.54) is 6.20 Å². The number of rotatable bonds is 5. The summed E-state index contributed by atoms with van der Waals surface area (Å²) in [4.78, 5) is 10.5. The number of nitrogen functional groups attached to an aromatic ring is 1. The van der Waals surface area contributed by atoms with Gasteiger partial charge in [0.25, 0.3) is 0 Å². The molecule has 0 fully saturated rings. The Bertz CT molecular complexity index is 600. The van der Waals surface area contributed by atoms with Crippen LogP contribution in [0.25, 0.3) is 0 Å². The van der Waals surface area contributed by atoms with Crippen LogP contribution in [-0.4, -0.2) is 16.5 Å². The van der Waals surface area contributed by atoms with E-state index in [1.54, 1.807) is 6.20 Å². The van der Waals surface area contributed by atoms with Crippen LogP contribution in [-0.2, 0) is 6.54 Å². The average molecular weight is 267 g/mol. The molecular weight excluding hydrogens is 250 g/mol. The number of nitrogens with zero attached hydrogens (tertiary/aromatic N) is 4. The second-order valence-corrected chi connectivity index (χ2v) is 4.49. The number of para-hydroxylation sites is 1. The second kappa shape index (κ2) is 6.53. The zero-order chi connectivity index (χ0) is 14.4. The highest BCUT2D eigenvalue weighted by Gasteiger charge is 2.10. The third-order valence-electron chi connectivity index (χ3n) is 2.99.